The van der Waals surface area contributed by atoms with Gasteiger partial charge in [0, 0.05) is 22.7 Å². The van der Waals surface area contributed by atoms with E-state index in [0.717, 1.165) is 29.2 Å². The molecule has 2 unspecified atom stereocenters. The summed E-state index contributed by atoms with van der Waals surface area (Å²) >= 11 is 0. The van der Waals surface area contributed by atoms with Crippen molar-refractivity contribution in [3.63, 3.8) is 0 Å². The van der Waals surface area contributed by atoms with E-state index >= 15 is 0 Å². The molecule has 0 radical (unpaired) electrons. The van der Waals surface area contributed by atoms with Crippen LogP contribution in [0.2, 0.25) is 0 Å². The third-order valence-corrected chi connectivity index (χ3v) is 17.7. The van der Waals surface area contributed by atoms with Crippen molar-refractivity contribution in [3.05, 3.63) is 91.0 Å². The number of benzene rings is 4. The van der Waals surface area contributed by atoms with Crippen LogP contribution >= 0.6 is 15.8 Å². The molecule has 0 bridgehead atoms. The summed E-state index contributed by atoms with van der Waals surface area (Å²) in [5, 5.41) is 5.48. The number of hydrogen-bond acceptors (Lipinski definition) is 4. The van der Waals surface area contributed by atoms with Gasteiger partial charge in [0.15, 0.2) is 0 Å². The molecule has 4 nitrogen and oxygen atoms in total. The lowest BCUT2D eigenvalue weighted by Gasteiger charge is -2.36. The molecule has 4 aromatic carbocycles. The first-order valence-electron chi connectivity index (χ1n) is 16.8. The van der Waals surface area contributed by atoms with Gasteiger partial charge in [-0.2, -0.15) is 0 Å². The SMILES string of the molecule is Cc1c(N)cc(P(c2cc(N)c(C)c(C)c2C)C(C)CC(C)P(c2cc(N)c(C)c(C)c2C)c2cc(N)c(C)c(C)c2C)c(C)c1C. The van der Waals surface area contributed by atoms with Gasteiger partial charge in [0.25, 0.3) is 0 Å². The smallest absolute Gasteiger partial charge is 0.0353 e. The van der Waals surface area contributed by atoms with Crippen molar-refractivity contribution in [2.24, 2.45) is 0 Å². The van der Waals surface area contributed by atoms with Crippen LogP contribution in [0.5, 0.6) is 0 Å². The van der Waals surface area contributed by atoms with E-state index < -0.39 is 15.8 Å². The standard InChI is InChI=1S/C41H58N4P2/c1-20(46(38-16-34(42)26(7)22(3)30(38)11)39-17-35(43)27(8)23(4)31(39)12)15-21(2)47(40-18-36(44)28(9)24(5)32(40)13)41-19-37(45)29(10)25(6)33(41)14/h16-21H,15,42-45H2,1-14H3. The first-order valence-corrected chi connectivity index (χ1v) is 19.7. The van der Waals surface area contributed by atoms with Crippen molar-refractivity contribution in [1.29, 1.82) is 0 Å². The van der Waals surface area contributed by atoms with Gasteiger partial charge in [-0.15, -0.1) is 0 Å². The molecule has 0 heterocycles. The fourth-order valence-electron chi connectivity index (χ4n) is 7.13. The Morgan fingerprint density at radius 2 is 0.553 bits per heavy atom. The Morgan fingerprint density at radius 1 is 0.362 bits per heavy atom. The highest BCUT2D eigenvalue weighted by Gasteiger charge is 2.33. The molecule has 0 saturated heterocycles. The van der Waals surface area contributed by atoms with Crippen LogP contribution in [0.3, 0.4) is 0 Å². The van der Waals surface area contributed by atoms with Crippen molar-refractivity contribution < 1.29 is 0 Å². The maximum Gasteiger partial charge on any atom is 0.0353 e. The molecule has 252 valence electrons. The quantitative estimate of drug-likeness (QED) is 0.112. The van der Waals surface area contributed by atoms with E-state index in [4.69, 9.17) is 22.9 Å². The van der Waals surface area contributed by atoms with E-state index in [0.29, 0.717) is 11.3 Å². The molecule has 2 atom stereocenters. The minimum atomic E-state index is -0.788. The van der Waals surface area contributed by atoms with Crippen molar-refractivity contribution in [3.8, 4) is 0 Å². The third-order valence-electron chi connectivity index (χ3n) is 11.5. The number of nitrogens with two attached hydrogens (primary N) is 4. The van der Waals surface area contributed by atoms with Gasteiger partial charge in [-0.05, 0) is 229 Å². The predicted molar refractivity (Wildman–Crippen MR) is 216 cm³/mol. The Bertz CT molecular complexity index is 1610. The minimum Gasteiger partial charge on any atom is -0.398 e. The van der Waals surface area contributed by atoms with Crippen molar-refractivity contribution in [1.82, 2.24) is 0 Å². The van der Waals surface area contributed by atoms with E-state index in [1.54, 1.807) is 0 Å². The zero-order valence-electron chi connectivity index (χ0n) is 31.4. The lowest BCUT2D eigenvalue weighted by atomic mass is 10.0. The van der Waals surface area contributed by atoms with E-state index in [-0.39, 0.29) is 0 Å². The van der Waals surface area contributed by atoms with Crippen LogP contribution in [0.15, 0.2) is 24.3 Å². The molecule has 0 fully saturated rings. The summed E-state index contributed by atoms with van der Waals surface area (Å²) in [6.07, 6.45) is 1.04. The minimum absolute atomic E-state index is 0.360. The topological polar surface area (TPSA) is 104 Å². The second kappa shape index (κ2) is 13.8. The Kier molecular flexibility index (Phi) is 10.8. The first-order chi connectivity index (χ1) is 21.8. The number of nitrogen functional groups attached to an aromatic ring is 4. The third kappa shape index (κ3) is 6.54. The Hall–Kier alpha value is -3.06. The first kappa shape index (κ1) is 36.8. The van der Waals surface area contributed by atoms with Crippen molar-refractivity contribution >= 4 is 59.8 Å². The average Bonchev–Trinajstić information content (AvgIpc) is 3.02. The average molecular weight is 669 g/mol. The van der Waals surface area contributed by atoms with E-state index in [1.807, 2.05) is 0 Å². The van der Waals surface area contributed by atoms with E-state index in [9.17, 15) is 0 Å². The second-order valence-corrected chi connectivity index (χ2v) is 19.3. The maximum absolute atomic E-state index is 6.71. The Labute approximate surface area is 287 Å². The van der Waals surface area contributed by atoms with Gasteiger partial charge in [0.05, 0.1) is 0 Å². The number of hydrogen-bond donors (Lipinski definition) is 4. The van der Waals surface area contributed by atoms with Crippen LogP contribution in [0.1, 0.15) is 87.0 Å². The van der Waals surface area contributed by atoms with Gasteiger partial charge in [-0.1, -0.05) is 13.8 Å². The molecule has 0 aliphatic carbocycles. The Balaban J connectivity index is 1.97. The van der Waals surface area contributed by atoms with Crippen LogP contribution in [-0.4, -0.2) is 11.3 Å². The van der Waals surface area contributed by atoms with Gasteiger partial charge < -0.3 is 22.9 Å². The molecule has 0 amide bonds. The van der Waals surface area contributed by atoms with Gasteiger partial charge in [-0.3, -0.25) is 0 Å². The molecular weight excluding hydrogens is 610 g/mol. The van der Waals surface area contributed by atoms with Crippen molar-refractivity contribution in [2.45, 2.75) is 115 Å². The molecule has 0 spiro atoms. The van der Waals surface area contributed by atoms with E-state index in [1.165, 1.54) is 88.0 Å². The molecular formula is C41H58N4P2. The highest BCUT2D eigenvalue weighted by atomic mass is 31.1. The Morgan fingerprint density at radius 3 is 0.745 bits per heavy atom. The largest absolute Gasteiger partial charge is 0.398 e. The summed E-state index contributed by atoms with van der Waals surface area (Å²) in [7, 11) is -1.58. The van der Waals surface area contributed by atoms with Crippen LogP contribution in [0, 0.1) is 83.1 Å². The molecule has 0 aliphatic heterocycles. The van der Waals surface area contributed by atoms with Crippen LogP contribution in [0.4, 0.5) is 22.7 Å². The molecule has 0 aromatic heterocycles. The van der Waals surface area contributed by atoms with Crippen molar-refractivity contribution in [2.75, 3.05) is 22.9 Å². The normalized spacial score (nSPS) is 13.1. The lowest BCUT2D eigenvalue weighted by Crippen LogP contribution is -2.30. The highest BCUT2D eigenvalue weighted by Crippen LogP contribution is 2.51. The number of rotatable bonds is 8. The molecule has 4 rings (SSSR count). The van der Waals surface area contributed by atoms with Gasteiger partial charge >= 0.3 is 0 Å². The summed E-state index contributed by atoms with van der Waals surface area (Å²) < 4.78 is 0. The van der Waals surface area contributed by atoms with Crippen LogP contribution in [0.25, 0.3) is 0 Å². The zero-order valence-corrected chi connectivity index (χ0v) is 33.2. The van der Waals surface area contributed by atoms with Gasteiger partial charge in [0.1, 0.15) is 0 Å². The molecule has 0 aliphatic rings. The lowest BCUT2D eigenvalue weighted by molar-refractivity contribution is 0.792. The molecule has 4 aromatic rings. The summed E-state index contributed by atoms with van der Waals surface area (Å²) in [6.45, 7) is 31.4. The molecule has 6 heteroatoms. The monoisotopic (exact) mass is 668 g/mol. The second-order valence-electron chi connectivity index (χ2n) is 14.1. The van der Waals surface area contributed by atoms with E-state index in [2.05, 4.69) is 121 Å². The van der Waals surface area contributed by atoms with Crippen LogP contribution < -0.4 is 44.2 Å². The summed E-state index contributed by atoms with van der Waals surface area (Å²) in [4.78, 5) is 0. The van der Waals surface area contributed by atoms with Gasteiger partial charge in [-0.25, -0.2) is 0 Å². The molecule has 47 heavy (non-hydrogen) atoms. The summed E-state index contributed by atoms with van der Waals surface area (Å²) in [6, 6.07) is 9.06. The molecule has 0 saturated carbocycles. The number of anilines is 4. The summed E-state index contributed by atoms with van der Waals surface area (Å²) in [5.41, 5.74) is 46.2. The fraction of sp³-hybridized carbons (Fsp3) is 0.415. The summed E-state index contributed by atoms with van der Waals surface area (Å²) in [5.74, 6) is 0. The molecule has 8 N–H and O–H groups in total. The maximum atomic E-state index is 6.71. The van der Waals surface area contributed by atoms with Gasteiger partial charge in [0.2, 0.25) is 0 Å². The highest BCUT2D eigenvalue weighted by molar-refractivity contribution is 7.75. The fourth-order valence-corrected chi connectivity index (χ4v) is 14.0. The predicted octanol–water partition coefficient (Wildman–Crippen LogP) is 8.45. The zero-order chi connectivity index (χ0) is 35.4. The van der Waals surface area contributed by atoms with Crippen LogP contribution in [-0.2, 0) is 0 Å².